The molecule has 0 aromatic heterocycles. The Morgan fingerprint density at radius 3 is 2.82 bits per heavy atom. The lowest BCUT2D eigenvalue weighted by Crippen LogP contribution is -2.23. The summed E-state index contributed by atoms with van der Waals surface area (Å²) in [5.41, 5.74) is 0. The van der Waals surface area contributed by atoms with Crippen LogP contribution in [0.5, 0.6) is 0 Å². The Labute approximate surface area is 67.2 Å². The van der Waals surface area contributed by atoms with Crippen LogP contribution >= 0.6 is 0 Å². The number of rotatable bonds is 3. The van der Waals surface area contributed by atoms with Gasteiger partial charge in [0.25, 0.3) is 0 Å². The molecule has 0 bridgehead atoms. The number of carbonyl (C=O) groups excluding carboxylic acids is 1. The molecule has 1 rings (SSSR count). The first kappa shape index (κ1) is 8.31. The molecule has 0 atom stereocenters. The molecule has 0 heterocycles. The van der Waals surface area contributed by atoms with Crippen molar-refractivity contribution in [3.05, 3.63) is 12.2 Å². The minimum atomic E-state index is -0.184. The van der Waals surface area contributed by atoms with Crippen LogP contribution in [0.15, 0.2) is 12.2 Å². The van der Waals surface area contributed by atoms with Gasteiger partial charge in [0.2, 0.25) is 0 Å². The van der Waals surface area contributed by atoms with E-state index in [0.717, 1.165) is 19.3 Å². The molecule has 2 nitrogen and oxygen atoms in total. The molecule has 1 fully saturated rings. The molecule has 2 heteroatoms. The molecule has 1 aliphatic carbocycles. The number of hydrogen-bond donors (Lipinski definition) is 0. The van der Waals surface area contributed by atoms with Crippen LogP contribution in [0, 0.1) is 0 Å². The molecule has 0 aromatic rings. The molecule has 0 N–H and O–H groups in total. The van der Waals surface area contributed by atoms with Crippen molar-refractivity contribution in [1.29, 1.82) is 0 Å². The first-order valence-corrected chi connectivity index (χ1v) is 4.20. The highest BCUT2D eigenvalue weighted by Crippen LogP contribution is 2.21. The van der Waals surface area contributed by atoms with Gasteiger partial charge in [0.05, 0.1) is 0 Å². The second-order valence-electron chi connectivity index (χ2n) is 2.80. The van der Waals surface area contributed by atoms with Gasteiger partial charge in [0.15, 0.2) is 0 Å². The van der Waals surface area contributed by atoms with Crippen molar-refractivity contribution >= 4 is 5.97 Å². The lowest BCUT2D eigenvalue weighted by Gasteiger charge is -2.24. The molecular formula is C9H14O2. The summed E-state index contributed by atoms with van der Waals surface area (Å²) in [6, 6.07) is 0. The second kappa shape index (κ2) is 4.16. The van der Waals surface area contributed by atoms with E-state index in [1.807, 2.05) is 13.0 Å². The molecule has 11 heavy (non-hydrogen) atoms. The minimum absolute atomic E-state index is 0.184. The average molecular weight is 154 g/mol. The van der Waals surface area contributed by atoms with Crippen molar-refractivity contribution in [1.82, 2.24) is 0 Å². The topological polar surface area (TPSA) is 26.3 Å². The molecule has 0 aliphatic heterocycles. The van der Waals surface area contributed by atoms with Crippen molar-refractivity contribution in [2.75, 3.05) is 0 Å². The van der Waals surface area contributed by atoms with E-state index >= 15 is 0 Å². The van der Waals surface area contributed by atoms with E-state index in [9.17, 15) is 4.79 Å². The van der Waals surface area contributed by atoms with E-state index in [0.29, 0.717) is 0 Å². The summed E-state index contributed by atoms with van der Waals surface area (Å²) in [5, 5.41) is 0. The van der Waals surface area contributed by atoms with Gasteiger partial charge in [-0.2, -0.15) is 0 Å². The van der Waals surface area contributed by atoms with Crippen molar-refractivity contribution in [3.63, 3.8) is 0 Å². The van der Waals surface area contributed by atoms with Gasteiger partial charge in [-0.3, -0.25) is 0 Å². The fourth-order valence-corrected chi connectivity index (χ4v) is 0.906. The van der Waals surface area contributed by atoms with E-state index in [-0.39, 0.29) is 12.1 Å². The fourth-order valence-electron chi connectivity index (χ4n) is 0.906. The van der Waals surface area contributed by atoms with Crippen molar-refractivity contribution in [3.8, 4) is 0 Å². The van der Waals surface area contributed by atoms with Crippen LogP contribution in [-0.2, 0) is 9.53 Å². The van der Waals surface area contributed by atoms with Crippen molar-refractivity contribution in [2.24, 2.45) is 0 Å². The smallest absolute Gasteiger partial charge is 0.330 e. The highest BCUT2D eigenvalue weighted by atomic mass is 16.5. The van der Waals surface area contributed by atoms with E-state index in [2.05, 4.69) is 0 Å². The highest BCUT2D eigenvalue weighted by molar-refractivity contribution is 5.82. The van der Waals surface area contributed by atoms with Gasteiger partial charge < -0.3 is 4.74 Å². The molecule has 0 radical (unpaired) electrons. The Balaban J connectivity index is 2.14. The zero-order valence-electron chi connectivity index (χ0n) is 6.88. The SMILES string of the molecule is CCC=CC(=O)OC1CCC1. The molecule has 0 unspecified atom stereocenters. The van der Waals surface area contributed by atoms with Crippen molar-refractivity contribution < 1.29 is 9.53 Å². The number of ether oxygens (including phenoxy) is 1. The molecule has 0 spiro atoms. The van der Waals surface area contributed by atoms with Gasteiger partial charge in [0.1, 0.15) is 6.10 Å². The second-order valence-corrected chi connectivity index (χ2v) is 2.80. The zero-order chi connectivity index (χ0) is 8.10. The van der Waals surface area contributed by atoms with Crippen LogP contribution in [0.1, 0.15) is 32.6 Å². The third-order valence-electron chi connectivity index (χ3n) is 1.82. The summed E-state index contributed by atoms with van der Waals surface area (Å²) in [5.74, 6) is -0.184. The zero-order valence-corrected chi connectivity index (χ0v) is 6.88. The molecular weight excluding hydrogens is 140 g/mol. The standard InChI is InChI=1S/C9H14O2/c1-2-3-7-9(10)11-8-5-4-6-8/h3,7-8H,2,4-6H2,1H3. The maximum atomic E-state index is 10.9. The Bertz CT molecular complexity index is 157. The molecule has 0 saturated heterocycles. The lowest BCUT2D eigenvalue weighted by atomic mass is 9.96. The number of hydrogen-bond acceptors (Lipinski definition) is 2. The van der Waals surface area contributed by atoms with E-state index in [4.69, 9.17) is 4.74 Å². The van der Waals surface area contributed by atoms with E-state index < -0.39 is 0 Å². The number of carbonyl (C=O) groups is 1. The summed E-state index contributed by atoms with van der Waals surface area (Å²) in [6.07, 6.45) is 7.73. The Kier molecular flexibility index (Phi) is 3.14. The highest BCUT2D eigenvalue weighted by Gasteiger charge is 2.20. The van der Waals surface area contributed by atoms with Crippen molar-refractivity contribution in [2.45, 2.75) is 38.7 Å². The van der Waals surface area contributed by atoms with Crippen LogP contribution in [0.2, 0.25) is 0 Å². The predicted octanol–water partition coefficient (Wildman–Crippen LogP) is 2.05. The third kappa shape index (κ3) is 2.74. The first-order chi connectivity index (χ1) is 5.33. The Morgan fingerprint density at radius 2 is 2.36 bits per heavy atom. The molecule has 1 aliphatic rings. The summed E-state index contributed by atoms with van der Waals surface area (Å²) >= 11 is 0. The van der Waals surface area contributed by atoms with E-state index in [1.54, 1.807) is 0 Å². The first-order valence-electron chi connectivity index (χ1n) is 4.20. The van der Waals surface area contributed by atoms with Gasteiger partial charge in [-0.15, -0.1) is 0 Å². The van der Waals surface area contributed by atoms with Gasteiger partial charge in [-0.1, -0.05) is 13.0 Å². The third-order valence-corrected chi connectivity index (χ3v) is 1.82. The van der Waals surface area contributed by atoms with Crippen LogP contribution in [0.3, 0.4) is 0 Å². The Hall–Kier alpha value is -0.790. The van der Waals surface area contributed by atoms with Crippen LogP contribution in [0.4, 0.5) is 0 Å². The monoisotopic (exact) mass is 154 g/mol. The summed E-state index contributed by atoms with van der Waals surface area (Å²) in [6.45, 7) is 1.99. The number of esters is 1. The predicted molar refractivity (Wildman–Crippen MR) is 43.2 cm³/mol. The Morgan fingerprint density at radius 1 is 1.64 bits per heavy atom. The lowest BCUT2D eigenvalue weighted by molar-refractivity contribution is -0.146. The fraction of sp³-hybridized carbons (Fsp3) is 0.667. The van der Waals surface area contributed by atoms with Gasteiger partial charge in [0, 0.05) is 6.08 Å². The average Bonchev–Trinajstić information content (AvgIpc) is 1.93. The maximum Gasteiger partial charge on any atom is 0.330 e. The molecule has 0 amide bonds. The quantitative estimate of drug-likeness (QED) is 0.459. The maximum absolute atomic E-state index is 10.9. The molecule has 62 valence electrons. The molecule has 0 aromatic carbocycles. The minimum Gasteiger partial charge on any atom is -0.459 e. The van der Waals surface area contributed by atoms with Crippen LogP contribution in [0.25, 0.3) is 0 Å². The summed E-state index contributed by atoms with van der Waals surface area (Å²) in [7, 11) is 0. The summed E-state index contributed by atoms with van der Waals surface area (Å²) in [4.78, 5) is 10.9. The van der Waals surface area contributed by atoms with Gasteiger partial charge in [-0.25, -0.2) is 4.79 Å². The van der Waals surface area contributed by atoms with Gasteiger partial charge >= 0.3 is 5.97 Å². The normalized spacial score (nSPS) is 18.3. The van der Waals surface area contributed by atoms with E-state index in [1.165, 1.54) is 12.5 Å². The van der Waals surface area contributed by atoms with Crippen LogP contribution < -0.4 is 0 Å². The largest absolute Gasteiger partial charge is 0.459 e. The molecule has 1 saturated carbocycles. The number of allylic oxidation sites excluding steroid dienone is 1. The van der Waals surface area contributed by atoms with Gasteiger partial charge in [-0.05, 0) is 25.7 Å². The summed E-state index contributed by atoms with van der Waals surface area (Å²) < 4.78 is 5.06. The van der Waals surface area contributed by atoms with Crippen LogP contribution in [-0.4, -0.2) is 12.1 Å².